The maximum Gasteiger partial charge on any atom is 0.335 e. The van der Waals surface area contributed by atoms with Crippen LogP contribution >= 0.6 is 0 Å². The fourth-order valence-corrected chi connectivity index (χ4v) is 2.92. The summed E-state index contributed by atoms with van der Waals surface area (Å²) < 4.78 is 31.0. The van der Waals surface area contributed by atoms with Gasteiger partial charge in [0.1, 0.15) is 4.90 Å². The number of hydrogen-bond acceptors (Lipinski definition) is 4. The van der Waals surface area contributed by atoms with Crippen LogP contribution in [-0.2, 0) is 10.1 Å². The van der Waals surface area contributed by atoms with Crippen molar-refractivity contribution in [2.24, 2.45) is 0 Å². The third-order valence-electron chi connectivity index (χ3n) is 3.38. The van der Waals surface area contributed by atoms with Crippen molar-refractivity contribution in [1.29, 1.82) is 0 Å². The molecule has 0 aliphatic carbocycles. The van der Waals surface area contributed by atoms with Crippen LogP contribution in [-0.4, -0.2) is 35.1 Å². The van der Waals surface area contributed by atoms with Crippen molar-refractivity contribution in [3.05, 3.63) is 77.9 Å². The van der Waals surface area contributed by atoms with Crippen molar-refractivity contribution in [1.82, 2.24) is 0 Å². The molecule has 0 atom stereocenters. The van der Waals surface area contributed by atoms with Gasteiger partial charge in [0.25, 0.3) is 10.1 Å². The Morgan fingerprint density at radius 1 is 0.731 bits per heavy atom. The van der Waals surface area contributed by atoms with Gasteiger partial charge in [-0.25, -0.2) is 9.59 Å². The largest absolute Gasteiger partial charge is 0.478 e. The summed E-state index contributed by atoms with van der Waals surface area (Å²) in [7, 11) is -4.13. The summed E-state index contributed by atoms with van der Waals surface area (Å²) in [6, 6.07) is 17.0. The Hall–Kier alpha value is -3.23. The van der Waals surface area contributed by atoms with E-state index in [9.17, 15) is 18.0 Å². The number of aromatic carboxylic acids is 2. The number of benzene rings is 3. The Balaban J connectivity index is 0.000000190. The fourth-order valence-electron chi connectivity index (χ4n) is 2.21. The van der Waals surface area contributed by atoms with Crippen molar-refractivity contribution in [3.8, 4) is 0 Å². The molecule has 3 aromatic rings. The molecule has 3 N–H and O–H groups in total. The first-order valence-corrected chi connectivity index (χ1v) is 8.66. The summed E-state index contributed by atoms with van der Waals surface area (Å²) in [6.07, 6.45) is 0. The maximum absolute atomic E-state index is 11.0. The molecule has 26 heavy (non-hydrogen) atoms. The van der Waals surface area contributed by atoms with Crippen molar-refractivity contribution in [2.75, 3.05) is 0 Å². The number of fused-ring (bicyclic) bond motifs is 1. The molecule has 3 aromatic carbocycles. The van der Waals surface area contributed by atoms with E-state index in [1.54, 1.807) is 30.3 Å². The van der Waals surface area contributed by atoms with Gasteiger partial charge in [-0.1, -0.05) is 42.5 Å². The smallest absolute Gasteiger partial charge is 0.335 e. The molecule has 0 fully saturated rings. The predicted molar refractivity (Wildman–Crippen MR) is 94.1 cm³/mol. The van der Waals surface area contributed by atoms with E-state index in [-0.39, 0.29) is 16.0 Å². The van der Waals surface area contributed by atoms with E-state index in [0.717, 1.165) is 11.5 Å². The van der Waals surface area contributed by atoms with Gasteiger partial charge in [-0.2, -0.15) is 8.42 Å². The van der Waals surface area contributed by atoms with Gasteiger partial charge in [0.2, 0.25) is 0 Å². The SMILES string of the molecule is O=C(O)c1cccc(C(=O)O)c1.O=S(=O)(O)c1cccc2ccccc12. The molecule has 134 valence electrons. The van der Waals surface area contributed by atoms with E-state index in [1.807, 2.05) is 6.07 Å². The van der Waals surface area contributed by atoms with Gasteiger partial charge in [0, 0.05) is 5.39 Å². The van der Waals surface area contributed by atoms with Gasteiger partial charge >= 0.3 is 11.9 Å². The minimum absolute atomic E-state index is 0.0186. The standard InChI is InChI=1S/C10H8O3S.C8H6O4/c11-14(12,13)10-7-3-5-8-4-1-2-6-9(8)10;9-7(10)5-2-1-3-6(4-5)8(11)12/h1-7H,(H,11,12,13);1-4H,(H,9,10)(H,11,12). The van der Waals surface area contributed by atoms with Gasteiger partial charge in [0.05, 0.1) is 11.1 Å². The molecule has 0 saturated carbocycles. The van der Waals surface area contributed by atoms with Crippen molar-refractivity contribution >= 4 is 32.8 Å². The van der Waals surface area contributed by atoms with Gasteiger partial charge in [-0.05, 0) is 29.7 Å². The van der Waals surface area contributed by atoms with Gasteiger partial charge in [-0.3, -0.25) is 4.55 Å². The number of carboxylic acids is 2. The predicted octanol–water partition coefficient (Wildman–Crippen LogP) is 3.17. The molecule has 3 rings (SSSR count). The van der Waals surface area contributed by atoms with Gasteiger partial charge in [-0.15, -0.1) is 0 Å². The molecule has 0 amide bonds. The first-order chi connectivity index (χ1) is 12.2. The molecule has 0 radical (unpaired) electrons. The van der Waals surface area contributed by atoms with E-state index in [4.69, 9.17) is 14.8 Å². The lowest BCUT2D eigenvalue weighted by molar-refractivity contribution is 0.0696. The molecule has 0 spiro atoms. The van der Waals surface area contributed by atoms with E-state index in [0.29, 0.717) is 5.39 Å². The molecule has 0 saturated heterocycles. The zero-order chi connectivity index (χ0) is 19.3. The lowest BCUT2D eigenvalue weighted by Crippen LogP contribution is -2.01. The third-order valence-corrected chi connectivity index (χ3v) is 4.30. The molecular weight excluding hydrogens is 360 g/mol. The van der Waals surface area contributed by atoms with Crippen LogP contribution in [0.1, 0.15) is 20.7 Å². The van der Waals surface area contributed by atoms with E-state index in [1.165, 1.54) is 24.3 Å². The fraction of sp³-hybridized carbons (Fsp3) is 0. The zero-order valence-corrected chi connectivity index (χ0v) is 14.1. The van der Waals surface area contributed by atoms with Crippen LogP contribution in [0, 0.1) is 0 Å². The first kappa shape index (κ1) is 19.1. The summed E-state index contributed by atoms with van der Waals surface area (Å²) in [5.74, 6) is -2.25. The summed E-state index contributed by atoms with van der Waals surface area (Å²) in [4.78, 5) is 20.7. The van der Waals surface area contributed by atoms with Crippen LogP contribution in [0.15, 0.2) is 71.6 Å². The number of rotatable bonds is 3. The van der Waals surface area contributed by atoms with Gasteiger partial charge in [0.15, 0.2) is 0 Å². The monoisotopic (exact) mass is 374 g/mol. The Labute approximate surface area is 148 Å². The van der Waals surface area contributed by atoms with Crippen molar-refractivity contribution in [2.45, 2.75) is 4.90 Å². The van der Waals surface area contributed by atoms with Crippen LogP contribution in [0.25, 0.3) is 10.8 Å². The highest BCUT2D eigenvalue weighted by atomic mass is 32.2. The van der Waals surface area contributed by atoms with Crippen molar-refractivity contribution < 1.29 is 32.8 Å². The Kier molecular flexibility index (Phi) is 5.71. The average Bonchev–Trinajstić information content (AvgIpc) is 2.61. The number of hydrogen-bond donors (Lipinski definition) is 3. The Morgan fingerprint density at radius 3 is 1.77 bits per heavy atom. The highest BCUT2D eigenvalue weighted by Crippen LogP contribution is 2.22. The lowest BCUT2D eigenvalue weighted by atomic mass is 10.1. The zero-order valence-electron chi connectivity index (χ0n) is 13.2. The van der Waals surface area contributed by atoms with E-state index < -0.39 is 22.1 Å². The minimum Gasteiger partial charge on any atom is -0.478 e. The quantitative estimate of drug-likeness (QED) is 0.600. The molecular formula is C18H14O7S. The first-order valence-electron chi connectivity index (χ1n) is 7.22. The van der Waals surface area contributed by atoms with Gasteiger partial charge < -0.3 is 10.2 Å². The summed E-state index contributed by atoms with van der Waals surface area (Å²) >= 11 is 0. The van der Waals surface area contributed by atoms with Crippen LogP contribution in [0.5, 0.6) is 0 Å². The summed E-state index contributed by atoms with van der Waals surface area (Å²) in [5, 5.41) is 18.3. The minimum atomic E-state index is -4.13. The highest BCUT2D eigenvalue weighted by molar-refractivity contribution is 7.86. The molecule has 0 heterocycles. The van der Waals surface area contributed by atoms with E-state index in [2.05, 4.69) is 0 Å². The average molecular weight is 374 g/mol. The van der Waals surface area contributed by atoms with Crippen LogP contribution in [0.2, 0.25) is 0 Å². The maximum atomic E-state index is 11.0. The van der Waals surface area contributed by atoms with Crippen LogP contribution in [0.4, 0.5) is 0 Å². The molecule has 8 heteroatoms. The molecule has 0 unspecified atom stereocenters. The third kappa shape index (κ3) is 4.65. The van der Waals surface area contributed by atoms with Crippen LogP contribution in [0.3, 0.4) is 0 Å². The number of carbonyl (C=O) groups is 2. The molecule has 0 aromatic heterocycles. The van der Waals surface area contributed by atoms with E-state index >= 15 is 0 Å². The molecule has 7 nitrogen and oxygen atoms in total. The second-order valence-electron chi connectivity index (χ2n) is 5.14. The summed E-state index contributed by atoms with van der Waals surface area (Å²) in [5.41, 5.74) is -0.0372. The second kappa shape index (κ2) is 7.77. The Bertz CT molecular complexity index is 1040. The van der Waals surface area contributed by atoms with Crippen LogP contribution < -0.4 is 0 Å². The molecule has 0 aliphatic rings. The lowest BCUT2D eigenvalue weighted by Gasteiger charge is -2.02. The Morgan fingerprint density at radius 2 is 1.23 bits per heavy atom. The normalized spacial score (nSPS) is 10.7. The molecule has 0 aliphatic heterocycles. The summed E-state index contributed by atoms with van der Waals surface area (Å²) in [6.45, 7) is 0. The topological polar surface area (TPSA) is 129 Å². The number of carboxylic acid groups (broad SMARTS) is 2. The highest BCUT2D eigenvalue weighted by Gasteiger charge is 2.12. The second-order valence-corrected chi connectivity index (χ2v) is 6.53. The molecule has 0 bridgehead atoms. The van der Waals surface area contributed by atoms with Crippen molar-refractivity contribution in [3.63, 3.8) is 0 Å².